The minimum absolute atomic E-state index is 0.0150. The fourth-order valence-corrected chi connectivity index (χ4v) is 2.57. The van der Waals surface area contributed by atoms with Gasteiger partial charge in [0, 0.05) is 13.1 Å². The fourth-order valence-electron chi connectivity index (χ4n) is 2.57. The number of carbonyl (C=O) groups is 1. The minimum atomic E-state index is -2.90. The third-order valence-electron chi connectivity index (χ3n) is 3.47. The van der Waals surface area contributed by atoms with Crippen molar-refractivity contribution < 1.29 is 23.0 Å². The molecule has 1 aromatic rings. The molecule has 1 heterocycles. The molecule has 1 aromatic carbocycles. The van der Waals surface area contributed by atoms with Gasteiger partial charge in [-0.05, 0) is 37.6 Å². The largest absolute Gasteiger partial charge is 0.435 e. The van der Waals surface area contributed by atoms with Crippen molar-refractivity contribution in [2.24, 2.45) is 0 Å². The Labute approximate surface area is 139 Å². The van der Waals surface area contributed by atoms with Gasteiger partial charge in [-0.1, -0.05) is 12.1 Å². The number of nitrogens with zero attached hydrogens (tertiary/aromatic N) is 2. The molecule has 7 heteroatoms. The minimum Gasteiger partial charge on any atom is -0.435 e. The first-order valence-electron chi connectivity index (χ1n) is 7.50. The molecule has 1 fully saturated rings. The Bertz CT molecular complexity index is 643. The first-order valence-corrected chi connectivity index (χ1v) is 7.50. The van der Waals surface area contributed by atoms with Crippen molar-refractivity contribution in [2.45, 2.75) is 32.7 Å². The van der Waals surface area contributed by atoms with Crippen LogP contribution in [0.15, 0.2) is 29.8 Å². The second kappa shape index (κ2) is 7.88. The molecule has 0 saturated carbocycles. The van der Waals surface area contributed by atoms with Crippen LogP contribution in [0.5, 0.6) is 5.75 Å². The number of carbonyl (C=O) groups excluding carboxylic acids is 1. The maximum Gasteiger partial charge on any atom is 0.387 e. The number of alkyl halides is 2. The van der Waals surface area contributed by atoms with Crippen LogP contribution in [-0.2, 0) is 9.53 Å². The summed E-state index contributed by atoms with van der Waals surface area (Å²) < 4.78 is 34.1. The van der Waals surface area contributed by atoms with Gasteiger partial charge in [-0.25, -0.2) is 0 Å². The molecule has 0 aromatic heterocycles. The zero-order chi connectivity index (χ0) is 17.7. The van der Waals surface area contributed by atoms with Crippen LogP contribution in [0, 0.1) is 11.3 Å². The van der Waals surface area contributed by atoms with Crippen LogP contribution in [0.4, 0.5) is 8.78 Å². The van der Waals surface area contributed by atoms with Crippen LogP contribution in [0.2, 0.25) is 0 Å². The number of benzene rings is 1. The Balaban J connectivity index is 2.13. The molecule has 0 bridgehead atoms. The molecule has 2 rings (SSSR count). The van der Waals surface area contributed by atoms with Crippen molar-refractivity contribution in [3.63, 3.8) is 0 Å². The standard InChI is InChI=1S/C17H18F2N2O3/c1-11-9-21(10-12(2)23-11)16(22)14(8-20)7-13-3-5-15(6-4-13)24-17(18)19/h3-7,11-12,17H,9-10H2,1-2H3/b14-7-. The van der Waals surface area contributed by atoms with E-state index < -0.39 is 6.61 Å². The highest BCUT2D eigenvalue weighted by Crippen LogP contribution is 2.18. The average molecular weight is 336 g/mol. The smallest absolute Gasteiger partial charge is 0.387 e. The van der Waals surface area contributed by atoms with Crippen LogP contribution in [-0.4, -0.2) is 42.7 Å². The van der Waals surface area contributed by atoms with E-state index >= 15 is 0 Å². The van der Waals surface area contributed by atoms with Crippen LogP contribution in [0.25, 0.3) is 6.08 Å². The fraction of sp³-hybridized carbons (Fsp3) is 0.412. The third-order valence-corrected chi connectivity index (χ3v) is 3.47. The average Bonchev–Trinajstić information content (AvgIpc) is 2.52. The molecule has 0 N–H and O–H groups in total. The summed E-state index contributed by atoms with van der Waals surface area (Å²) in [4.78, 5) is 14.1. The van der Waals surface area contributed by atoms with Gasteiger partial charge in [-0.3, -0.25) is 4.79 Å². The van der Waals surface area contributed by atoms with E-state index in [-0.39, 0.29) is 29.4 Å². The number of hydrogen-bond acceptors (Lipinski definition) is 4. The summed E-state index contributed by atoms with van der Waals surface area (Å²) in [6, 6.07) is 7.63. The second-order valence-electron chi connectivity index (χ2n) is 5.58. The van der Waals surface area contributed by atoms with Gasteiger partial charge in [-0.15, -0.1) is 0 Å². The molecule has 1 saturated heterocycles. The molecule has 2 unspecified atom stereocenters. The lowest BCUT2D eigenvalue weighted by Gasteiger charge is -2.35. The number of amides is 1. The highest BCUT2D eigenvalue weighted by atomic mass is 19.3. The van der Waals surface area contributed by atoms with Crippen molar-refractivity contribution in [1.82, 2.24) is 4.90 Å². The van der Waals surface area contributed by atoms with Gasteiger partial charge in [0.2, 0.25) is 0 Å². The molecule has 0 aliphatic carbocycles. The van der Waals surface area contributed by atoms with Crippen LogP contribution >= 0.6 is 0 Å². The Kier molecular flexibility index (Phi) is 5.88. The van der Waals surface area contributed by atoms with E-state index in [1.54, 1.807) is 4.90 Å². The van der Waals surface area contributed by atoms with Crippen molar-refractivity contribution in [3.05, 3.63) is 35.4 Å². The van der Waals surface area contributed by atoms with Gasteiger partial charge < -0.3 is 14.4 Å². The van der Waals surface area contributed by atoms with E-state index in [9.17, 15) is 18.8 Å². The van der Waals surface area contributed by atoms with Crippen molar-refractivity contribution >= 4 is 12.0 Å². The van der Waals surface area contributed by atoms with Gasteiger partial charge in [0.05, 0.1) is 12.2 Å². The van der Waals surface area contributed by atoms with Crippen molar-refractivity contribution in [3.8, 4) is 11.8 Å². The van der Waals surface area contributed by atoms with Crippen LogP contribution in [0.1, 0.15) is 19.4 Å². The number of morpholine rings is 1. The van der Waals surface area contributed by atoms with Crippen LogP contribution in [0.3, 0.4) is 0 Å². The molecule has 1 aliphatic rings. The Morgan fingerprint density at radius 1 is 1.33 bits per heavy atom. The highest BCUT2D eigenvalue weighted by Gasteiger charge is 2.27. The highest BCUT2D eigenvalue weighted by molar-refractivity contribution is 6.01. The molecule has 0 radical (unpaired) electrons. The van der Waals surface area contributed by atoms with Gasteiger partial charge in [0.1, 0.15) is 17.4 Å². The van der Waals surface area contributed by atoms with Crippen molar-refractivity contribution in [1.29, 1.82) is 5.26 Å². The summed E-state index contributed by atoms with van der Waals surface area (Å²) >= 11 is 0. The third kappa shape index (κ3) is 4.77. The quantitative estimate of drug-likeness (QED) is 0.626. The molecule has 128 valence electrons. The van der Waals surface area contributed by atoms with Crippen molar-refractivity contribution in [2.75, 3.05) is 13.1 Å². The maximum atomic E-state index is 12.5. The van der Waals surface area contributed by atoms with E-state index in [1.165, 1.54) is 30.3 Å². The molecule has 24 heavy (non-hydrogen) atoms. The lowest BCUT2D eigenvalue weighted by molar-refractivity contribution is -0.138. The Morgan fingerprint density at radius 2 is 1.92 bits per heavy atom. The normalized spacial score (nSPS) is 21.5. The zero-order valence-electron chi connectivity index (χ0n) is 13.4. The lowest BCUT2D eigenvalue weighted by Crippen LogP contribution is -2.48. The molecule has 5 nitrogen and oxygen atoms in total. The summed E-state index contributed by atoms with van der Waals surface area (Å²) in [5, 5.41) is 9.27. The predicted octanol–water partition coefficient (Wildman–Crippen LogP) is 2.83. The number of hydrogen-bond donors (Lipinski definition) is 0. The molecular weight excluding hydrogens is 318 g/mol. The first kappa shape index (κ1) is 17.9. The zero-order valence-corrected chi connectivity index (χ0v) is 13.4. The Morgan fingerprint density at radius 3 is 2.42 bits per heavy atom. The topological polar surface area (TPSA) is 62.6 Å². The van der Waals surface area contributed by atoms with Gasteiger partial charge in [0.25, 0.3) is 5.91 Å². The number of halogens is 2. The molecular formula is C17H18F2N2O3. The second-order valence-corrected chi connectivity index (χ2v) is 5.58. The predicted molar refractivity (Wildman–Crippen MR) is 83.3 cm³/mol. The van der Waals surface area contributed by atoms with E-state index in [0.717, 1.165) is 0 Å². The molecule has 1 aliphatic heterocycles. The summed E-state index contributed by atoms with van der Waals surface area (Å²) in [5.41, 5.74) is 0.537. The molecule has 0 spiro atoms. The Hall–Kier alpha value is -2.46. The SMILES string of the molecule is CC1CN(C(=O)/C(C#N)=C\c2ccc(OC(F)F)cc2)CC(C)O1. The summed E-state index contributed by atoms with van der Waals surface area (Å²) in [7, 11) is 0. The first-order chi connectivity index (χ1) is 11.4. The monoisotopic (exact) mass is 336 g/mol. The molecule has 1 amide bonds. The lowest BCUT2D eigenvalue weighted by atomic mass is 10.1. The number of rotatable bonds is 4. The van der Waals surface area contributed by atoms with Gasteiger partial charge in [0.15, 0.2) is 0 Å². The van der Waals surface area contributed by atoms with E-state index in [2.05, 4.69) is 4.74 Å². The van der Waals surface area contributed by atoms with Gasteiger partial charge >= 0.3 is 6.61 Å². The molecule has 2 atom stereocenters. The number of nitriles is 1. The summed E-state index contributed by atoms with van der Waals surface area (Å²) in [5.74, 6) is -0.352. The van der Waals surface area contributed by atoms with E-state index in [1.807, 2.05) is 19.9 Å². The maximum absolute atomic E-state index is 12.5. The van der Waals surface area contributed by atoms with E-state index in [4.69, 9.17) is 4.74 Å². The summed E-state index contributed by atoms with van der Waals surface area (Å²) in [6.07, 6.45) is 1.24. The summed E-state index contributed by atoms with van der Waals surface area (Å²) in [6.45, 7) is 1.68. The van der Waals surface area contributed by atoms with Gasteiger partial charge in [-0.2, -0.15) is 14.0 Å². The van der Waals surface area contributed by atoms with E-state index in [0.29, 0.717) is 18.7 Å². The van der Waals surface area contributed by atoms with Crippen LogP contribution < -0.4 is 4.74 Å². The number of ether oxygens (including phenoxy) is 2.